The zero-order chi connectivity index (χ0) is 13.0. The predicted octanol–water partition coefficient (Wildman–Crippen LogP) is 2.34. The molecule has 1 aromatic rings. The van der Waals surface area contributed by atoms with Crippen molar-refractivity contribution in [2.24, 2.45) is 5.41 Å². The van der Waals surface area contributed by atoms with Crippen molar-refractivity contribution in [2.45, 2.75) is 32.7 Å². The molecule has 1 aliphatic heterocycles. The molecule has 0 spiro atoms. The second-order valence-electron chi connectivity index (χ2n) is 5.68. The zero-order valence-electron chi connectivity index (χ0n) is 11.3. The highest BCUT2D eigenvalue weighted by molar-refractivity contribution is 5.27. The first-order chi connectivity index (χ1) is 8.60. The number of rotatable bonds is 5. The van der Waals surface area contributed by atoms with E-state index in [4.69, 9.17) is 4.74 Å². The molecule has 1 heterocycles. The van der Waals surface area contributed by atoms with Crippen LogP contribution >= 0.6 is 0 Å². The summed E-state index contributed by atoms with van der Waals surface area (Å²) < 4.78 is 5.60. The van der Waals surface area contributed by atoms with E-state index >= 15 is 0 Å². The minimum absolute atomic E-state index is 0.210. The van der Waals surface area contributed by atoms with Crippen LogP contribution in [0.4, 0.5) is 0 Å². The van der Waals surface area contributed by atoms with Gasteiger partial charge >= 0.3 is 0 Å². The van der Waals surface area contributed by atoms with E-state index in [-0.39, 0.29) is 5.41 Å². The highest BCUT2D eigenvalue weighted by Gasteiger charge is 2.34. The van der Waals surface area contributed by atoms with Crippen LogP contribution in [0.2, 0.25) is 0 Å². The van der Waals surface area contributed by atoms with Crippen molar-refractivity contribution in [1.82, 2.24) is 5.32 Å². The third-order valence-corrected chi connectivity index (χ3v) is 3.59. The summed E-state index contributed by atoms with van der Waals surface area (Å²) in [7, 11) is 0. The summed E-state index contributed by atoms with van der Waals surface area (Å²) in [5, 5.41) is 12.9. The van der Waals surface area contributed by atoms with Crippen LogP contribution in [0.3, 0.4) is 0 Å². The van der Waals surface area contributed by atoms with Crippen molar-refractivity contribution in [3.63, 3.8) is 0 Å². The molecular weight excluding hydrogens is 226 g/mol. The minimum atomic E-state index is 0.210. The van der Waals surface area contributed by atoms with E-state index in [0.29, 0.717) is 11.8 Å². The summed E-state index contributed by atoms with van der Waals surface area (Å²) in [6.07, 6.45) is 2.11. The fraction of sp³-hybridized carbons (Fsp3) is 0.600. The van der Waals surface area contributed by atoms with Crippen LogP contribution in [0.5, 0.6) is 5.75 Å². The maximum Gasteiger partial charge on any atom is 0.115 e. The zero-order valence-corrected chi connectivity index (χ0v) is 11.3. The van der Waals surface area contributed by atoms with Crippen LogP contribution in [-0.2, 0) is 11.2 Å². The fourth-order valence-corrected chi connectivity index (χ4v) is 2.46. The van der Waals surface area contributed by atoms with Gasteiger partial charge in [0.25, 0.3) is 0 Å². The largest absolute Gasteiger partial charge is 0.508 e. The van der Waals surface area contributed by atoms with Gasteiger partial charge in [-0.3, -0.25) is 0 Å². The van der Waals surface area contributed by atoms with Crippen LogP contribution in [0, 0.1) is 5.41 Å². The molecule has 1 aromatic carbocycles. The molecule has 0 aliphatic carbocycles. The summed E-state index contributed by atoms with van der Waals surface area (Å²) in [6.45, 7) is 7.02. The monoisotopic (exact) mass is 249 g/mol. The molecule has 2 rings (SSSR count). The van der Waals surface area contributed by atoms with Crippen molar-refractivity contribution < 1.29 is 9.84 Å². The molecule has 0 aromatic heterocycles. The number of aromatic hydroxyl groups is 1. The Morgan fingerprint density at radius 1 is 1.33 bits per heavy atom. The van der Waals surface area contributed by atoms with E-state index in [1.807, 2.05) is 12.1 Å². The van der Waals surface area contributed by atoms with Crippen molar-refractivity contribution >= 4 is 0 Å². The number of ether oxygens (including phenoxy) is 1. The predicted molar refractivity (Wildman–Crippen MR) is 72.8 cm³/mol. The van der Waals surface area contributed by atoms with Gasteiger partial charge in [-0.15, -0.1) is 0 Å². The van der Waals surface area contributed by atoms with Gasteiger partial charge in [0.1, 0.15) is 5.75 Å². The van der Waals surface area contributed by atoms with Crippen LogP contribution in [0.15, 0.2) is 24.3 Å². The number of phenols is 1. The summed E-state index contributed by atoms with van der Waals surface area (Å²) in [5.41, 5.74) is 1.48. The smallest absolute Gasteiger partial charge is 0.115 e. The molecule has 100 valence electrons. The molecule has 3 nitrogen and oxygen atoms in total. The maximum absolute atomic E-state index is 9.32. The fourth-order valence-electron chi connectivity index (χ4n) is 2.46. The Morgan fingerprint density at radius 3 is 2.61 bits per heavy atom. The third-order valence-electron chi connectivity index (χ3n) is 3.59. The van der Waals surface area contributed by atoms with Gasteiger partial charge in [-0.2, -0.15) is 0 Å². The van der Waals surface area contributed by atoms with E-state index in [1.54, 1.807) is 12.1 Å². The Bertz CT molecular complexity index is 367. The molecule has 1 aliphatic rings. The van der Waals surface area contributed by atoms with Gasteiger partial charge in [-0.05, 0) is 30.5 Å². The maximum atomic E-state index is 9.32. The molecule has 18 heavy (non-hydrogen) atoms. The number of phenolic OH excluding ortho intramolecular Hbond substituents is 1. The first-order valence-electron chi connectivity index (χ1n) is 6.69. The average Bonchev–Trinajstić information content (AvgIpc) is 2.79. The van der Waals surface area contributed by atoms with Crippen molar-refractivity contribution in [2.75, 3.05) is 19.8 Å². The Kier molecular flexibility index (Phi) is 4.25. The van der Waals surface area contributed by atoms with Gasteiger partial charge in [-0.25, -0.2) is 0 Å². The quantitative estimate of drug-likeness (QED) is 0.841. The van der Waals surface area contributed by atoms with Gasteiger partial charge in [0.15, 0.2) is 0 Å². The number of benzene rings is 1. The molecule has 0 amide bonds. The lowest BCUT2D eigenvalue weighted by Crippen LogP contribution is -2.39. The van der Waals surface area contributed by atoms with Crippen LogP contribution in [0.25, 0.3) is 0 Å². The van der Waals surface area contributed by atoms with Crippen molar-refractivity contribution in [3.05, 3.63) is 29.8 Å². The second kappa shape index (κ2) is 5.72. The Morgan fingerprint density at radius 2 is 2.06 bits per heavy atom. The molecule has 0 radical (unpaired) electrons. The lowest BCUT2D eigenvalue weighted by molar-refractivity contribution is 0.148. The summed E-state index contributed by atoms with van der Waals surface area (Å²) in [6, 6.07) is 8.03. The van der Waals surface area contributed by atoms with Crippen LogP contribution in [0.1, 0.15) is 25.8 Å². The van der Waals surface area contributed by atoms with E-state index in [1.165, 1.54) is 5.56 Å². The van der Waals surface area contributed by atoms with Gasteiger partial charge in [0.05, 0.1) is 6.61 Å². The number of nitrogens with one attached hydrogen (secondary N) is 1. The summed E-state index contributed by atoms with van der Waals surface area (Å²) in [4.78, 5) is 0. The highest BCUT2D eigenvalue weighted by Crippen LogP contribution is 2.32. The first-order valence-corrected chi connectivity index (χ1v) is 6.69. The Balaban J connectivity index is 2.03. The van der Waals surface area contributed by atoms with Gasteiger partial charge in [0.2, 0.25) is 0 Å². The Labute approximate surface area is 109 Å². The normalized spacial score (nSPS) is 23.7. The van der Waals surface area contributed by atoms with Crippen molar-refractivity contribution in [3.8, 4) is 5.75 Å². The van der Waals surface area contributed by atoms with E-state index < -0.39 is 0 Å². The van der Waals surface area contributed by atoms with E-state index in [0.717, 1.165) is 32.6 Å². The Hall–Kier alpha value is -1.06. The van der Waals surface area contributed by atoms with Gasteiger partial charge in [0, 0.05) is 24.6 Å². The molecule has 1 atom stereocenters. The molecule has 3 heteroatoms. The minimum Gasteiger partial charge on any atom is -0.508 e. The molecule has 1 unspecified atom stereocenters. The average molecular weight is 249 g/mol. The molecular formula is C15H23NO2. The van der Waals surface area contributed by atoms with Gasteiger partial charge < -0.3 is 15.2 Å². The third kappa shape index (κ3) is 3.47. The van der Waals surface area contributed by atoms with Crippen LogP contribution < -0.4 is 5.32 Å². The molecule has 2 N–H and O–H groups in total. The van der Waals surface area contributed by atoms with E-state index in [9.17, 15) is 5.11 Å². The standard InChI is InChI=1S/C15H23NO2/c1-12(2)16-10-15(7-8-18-11-15)9-13-3-5-14(17)6-4-13/h3-6,12,16-17H,7-11H2,1-2H3. The number of hydrogen-bond acceptors (Lipinski definition) is 3. The molecule has 1 saturated heterocycles. The SMILES string of the molecule is CC(C)NCC1(Cc2ccc(O)cc2)CCOC1. The topological polar surface area (TPSA) is 41.5 Å². The molecule has 0 bridgehead atoms. The highest BCUT2D eigenvalue weighted by atomic mass is 16.5. The second-order valence-corrected chi connectivity index (χ2v) is 5.68. The van der Waals surface area contributed by atoms with Crippen LogP contribution in [-0.4, -0.2) is 30.9 Å². The van der Waals surface area contributed by atoms with Gasteiger partial charge in [-0.1, -0.05) is 26.0 Å². The molecule has 1 fully saturated rings. The van der Waals surface area contributed by atoms with E-state index in [2.05, 4.69) is 19.2 Å². The number of hydrogen-bond donors (Lipinski definition) is 2. The first kappa shape index (κ1) is 13.4. The lowest BCUT2D eigenvalue weighted by Gasteiger charge is -2.29. The summed E-state index contributed by atoms with van der Waals surface area (Å²) >= 11 is 0. The van der Waals surface area contributed by atoms with Crippen molar-refractivity contribution in [1.29, 1.82) is 0 Å². The summed E-state index contributed by atoms with van der Waals surface area (Å²) in [5.74, 6) is 0.329. The molecule has 0 saturated carbocycles. The lowest BCUT2D eigenvalue weighted by atomic mass is 9.80.